The molecule has 0 aliphatic rings. The van der Waals surface area contributed by atoms with Gasteiger partial charge in [0.15, 0.2) is 0 Å². The van der Waals surface area contributed by atoms with Crippen molar-refractivity contribution in [3.05, 3.63) is 34.1 Å². The Labute approximate surface area is 96.0 Å². The summed E-state index contributed by atoms with van der Waals surface area (Å²) in [4.78, 5) is 10.4. The van der Waals surface area contributed by atoms with Crippen LogP contribution in [0.3, 0.4) is 0 Å². The fourth-order valence-electron chi connectivity index (χ4n) is 1.12. The maximum atomic E-state index is 13.1. The molecule has 3 nitrogen and oxygen atoms in total. The third-order valence-corrected chi connectivity index (χ3v) is 2.78. The van der Waals surface area contributed by atoms with Gasteiger partial charge >= 0.3 is 0 Å². The van der Waals surface area contributed by atoms with Gasteiger partial charge in [-0.3, -0.25) is 4.79 Å². The number of halogens is 2. The van der Waals surface area contributed by atoms with Crippen LogP contribution in [0.1, 0.15) is 12.0 Å². The van der Waals surface area contributed by atoms with Gasteiger partial charge in [0, 0.05) is 19.5 Å². The average molecular weight is 275 g/mol. The van der Waals surface area contributed by atoms with Gasteiger partial charge in [0.25, 0.3) is 0 Å². The maximum Gasteiger partial charge on any atom is 0.218 e. The predicted molar refractivity (Wildman–Crippen MR) is 59.6 cm³/mol. The third-order valence-electron chi connectivity index (χ3n) is 1.90. The number of primary amides is 1. The zero-order valence-electron chi connectivity index (χ0n) is 8.09. The Balaban J connectivity index is 2.44. The van der Waals surface area contributed by atoms with E-state index in [-0.39, 0.29) is 18.1 Å². The lowest BCUT2D eigenvalue weighted by Crippen LogP contribution is -2.21. The number of carbonyl (C=O) groups excluding carboxylic acids is 1. The van der Waals surface area contributed by atoms with Crippen LogP contribution in [-0.2, 0) is 11.3 Å². The molecule has 0 aliphatic carbocycles. The summed E-state index contributed by atoms with van der Waals surface area (Å²) in [5.74, 6) is -0.634. The van der Waals surface area contributed by atoms with Gasteiger partial charge in [0.1, 0.15) is 5.82 Å². The van der Waals surface area contributed by atoms with Crippen molar-refractivity contribution in [3.8, 4) is 0 Å². The molecule has 0 radical (unpaired) electrons. The summed E-state index contributed by atoms with van der Waals surface area (Å²) in [6.07, 6.45) is 0.285. The summed E-state index contributed by atoms with van der Waals surface area (Å²) in [5, 5.41) is 3.00. The number of rotatable bonds is 5. The Hall–Kier alpha value is -0.940. The van der Waals surface area contributed by atoms with Gasteiger partial charge in [0.05, 0.1) is 4.47 Å². The van der Waals surface area contributed by atoms with E-state index < -0.39 is 0 Å². The maximum absolute atomic E-state index is 13.1. The minimum atomic E-state index is -0.346. The van der Waals surface area contributed by atoms with Crippen molar-refractivity contribution in [2.24, 2.45) is 5.73 Å². The van der Waals surface area contributed by atoms with E-state index in [1.54, 1.807) is 6.07 Å². The van der Waals surface area contributed by atoms with Crippen molar-refractivity contribution in [1.29, 1.82) is 0 Å². The highest BCUT2D eigenvalue weighted by Gasteiger charge is 2.04. The first-order chi connectivity index (χ1) is 7.11. The Bertz CT molecular complexity index is 357. The van der Waals surface area contributed by atoms with Crippen LogP contribution in [0.4, 0.5) is 4.39 Å². The van der Waals surface area contributed by atoms with Crippen LogP contribution in [0.15, 0.2) is 22.7 Å². The molecule has 1 aromatic rings. The smallest absolute Gasteiger partial charge is 0.218 e. The molecule has 0 unspecified atom stereocenters. The summed E-state index contributed by atoms with van der Waals surface area (Å²) >= 11 is 3.15. The molecule has 1 aromatic carbocycles. The first-order valence-corrected chi connectivity index (χ1v) is 5.32. The van der Waals surface area contributed by atoms with Crippen molar-refractivity contribution in [2.45, 2.75) is 13.0 Å². The number of nitrogens with one attached hydrogen (secondary N) is 1. The molecule has 1 rings (SSSR count). The summed E-state index contributed by atoms with van der Waals surface area (Å²) in [5.41, 5.74) is 5.80. The highest BCUT2D eigenvalue weighted by atomic mass is 79.9. The van der Waals surface area contributed by atoms with Crippen molar-refractivity contribution in [1.82, 2.24) is 5.32 Å². The highest BCUT2D eigenvalue weighted by Crippen LogP contribution is 2.19. The summed E-state index contributed by atoms with van der Waals surface area (Å²) in [7, 11) is 0. The molecule has 0 aliphatic heterocycles. The van der Waals surface area contributed by atoms with E-state index in [4.69, 9.17) is 5.73 Å². The Morgan fingerprint density at radius 2 is 2.27 bits per heavy atom. The quantitative estimate of drug-likeness (QED) is 0.801. The van der Waals surface area contributed by atoms with E-state index >= 15 is 0 Å². The largest absolute Gasteiger partial charge is 0.370 e. The highest BCUT2D eigenvalue weighted by molar-refractivity contribution is 9.10. The van der Waals surface area contributed by atoms with Gasteiger partial charge in [-0.25, -0.2) is 4.39 Å². The monoisotopic (exact) mass is 274 g/mol. The molecule has 0 fully saturated rings. The number of hydrogen-bond donors (Lipinski definition) is 2. The van der Waals surface area contributed by atoms with Crippen molar-refractivity contribution < 1.29 is 9.18 Å². The van der Waals surface area contributed by atoms with Gasteiger partial charge in [-0.1, -0.05) is 12.1 Å². The zero-order chi connectivity index (χ0) is 11.3. The summed E-state index contributed by atoms with van der Waals surface area (Å²) in [6.45, 7) is 1.00. The normalized spacial score (nSPS) is 10.3. The third kappa shape index (κ3) is 3.97. The predicted octanol–water partition coefficient (Wildman–Crippen LogP) is 1.55. The van der Waals surface area contributed by atoms with Gasteiger partial charge in [0.2, 0.25) is 5.91 Å². The van der Waals surface area contributed by atoms with E-state index in [0.29, 0.717) is 17.6 Å². The molecular formula is C10H12BrFN2O. The van der Waals surface area contributed by atoms with Crippen LogP contribution in [-0.4, -0.2) is 12.5 Å². The fourth-order valence-corrected chi connectivity index (χ4v) is 1.52. The molecule has 82 valence electrons. The molecule has 0 atom stereocenters. The Morgan fingerprint density at radius 1 is 1.53 bits per heavy atom. The topological polar surface area (TPSA) is 55.1 Å². The molecule has 0 spiro atoms. The molecule has 0 saturated heterocycles. The minimum absolute atomic E-state index is 0.285. The van der Waals surface area contributed by atoms with E-state index in [9.17, 15) is 9.18 Å². The van der Waals surface area contributed by atoms with Crippen LogP contribution in [0.25, 0.3) is 0 Å². The van der Waals surface area contributed by atoms with Crippen LogP contribution < -0.4 is 11.1 Å². The first kappa shape index (κ1) is 12.1. The van der Waals surface area contributed by atoms with E-state index in [0.717, 1.165) is 5.56 Å². The molecule has 0 bridgehead atoms. The molecule has 1 amide bonds. The lowest BCUT2D eigenvalue weighted by Gasteiger charge is -2.06. The number of amides is 1. The van der Waals surface area contributed by atoms with E-state index in [2.05, 4.69) is 21.2 Å². The number of benzene rings is 1. The van der Waals surface area contributed by atoms with Crippen molar-refractivity contribution in [2.75, 3.05) is 6.54 Å². The average Bonchev–Trinajstić information content (AvgIpc) is 2.18. The fraction of sp³-hybridized carbons (Fsp3) is 0.300. The minimum Gasteiger partial charge on any atom is -0.370 e. The van der Waals surface area contributed by atoms with Gasteiger partial charge in [-0.15, -0.1) is 0 Å². The SMILES string of the molecule is NC(=O)CCNCc1cccc(F)c1Br. The molecule has 3 N–H and O–H groups in total. The molecule has 5 heteroatoms. The van der Waals surface area contributed by atoms with Crippen LogP contribution in [0, 0.1) is 5.82 Å². The molecule has 15 heavy (non-hydrogen) atoms. The van der Waals surface area contributed by atoms with Crippen LogP contribution >= 0.6 is 15.9 Å². The van der Waals surface area contributed by atoms with Crippen molar-refractivity contribution in [3.63, 3.8) is 0 Å². The molecule has 0 heterocycles. The summed E-state index contributed by atoms with van der Waals surface area (Å²) in [6, 6.07) is 4.84. The molecular weight excluding hydrogens is 263 g/mol. The molecule has 0 saturated carbocycles. The lowest BCUT2D eigenvalue weighted by molar-refractivity contribution is -0.117. The van der Waals surface area contributed by atoms with Crippen molar-refractivity contribution >= 4 is 21.8 Å². The Morgan fingerprint density at radius 3 is 2.93 bits per heavy atom. The molecule has 0 aromatic heterocycles. The second kappa shape index (κ2) is 5.82. The Kier molecular flexibility index (Phi) is 4.71. The van der Waals surface area contributed by atoms with Crippen LogP contribution in [0.5, 0.6) is 0 Å². The standard InChI is InChI=1S/C10H12BrFN2O/c11-10-7(2-1-3-8(10)12)6-14-5-4-9(13)15/h1-3,14H,4-6H2,(H2,13,15). The second-order valence-corrected chi connectivity index (χ2v) is 3.90. The number of hydrogen-bond acceptors (Lipinski definition) is 2. The zero-order valence-corrected chi connectivity index (χ0v) is 9.68. The van der Waals surface area contributed by atoms with Crippen LogP contribution in [0.2, 0.25) is 0 Å². The first-order valence-electron chi connectivity index (χ1n) is 4.53. The van der Waals surface area contributed by atoms with E-state index in [1.807, 2.05) is 6.07 Å². The number of carbonyl (C=O) groups is 1. The van der Waals surface area contributed by atoms with E-state index in [1.165, 1.54) is 6.07 Å². The van der Waals surface area contributed by atoms with Gasteiger partial charge in [-0.2, -0.15) is 0 Å². The number of nitrogens with two attached hydrogens (primary N) is 1. The summed E-state index contributed by atoms with van der Waals surface area (Å²) < 4.78 is 13.5. The lowest BCUT2D eigenvalue weighted by atomic mass is 10.2. The van der Waals surface area contributed by atoms with Gasteiger partial charge < -0.3 is 11.1 Å². The second-order valence-electron chi connectivity index (χ2n) is 3.11. The van der Waals surface area contributed by atoms with Gasteiger partial charge in [-0.05, 0) is 27.6 Å².